The first-order valence-corrected chi connectivity index (χ1v) is 7.30. The van der Waals surface area contributed by atoms with E-state index in [9.17, 15) is 0 Å². The third-order valence-electron chi connectivity index (χ3n) is 3.75. The molecule has 1 heterocycles. The van der Waals surface area contributed by atoms with Crippen LogP contribution in [0.2, 0.25) is 5.02 Å². The molecular formula is C17H18ClNO. The number of fused-ring (bicyclic) bond motifs is 1. The average Bonchev–Trinajstić information content (AvgIpc) is 2.80. The van der Waals surface area contributed by atoms with Crippen molar-refractivity contribution in [1.29, 1.82) is 0 Å². The van der Waals surface area contributed by atoms with Crippen LogP contribution in [0.4, 0.5) is 0 Å². The summed E-state index contributed by atoms with van der Waals surface area (Å²) in [5.74, 6) is 0.992. The lowest BCUT2D eigenvalue weighted by Crippen LogP contribution is -2.13. The van der Waals surface area contributed by atoms with Crippen LogP contribution in [0.1, 0.15) is 29.7 Å². The molecule has 104 valence electrons. The van der Waals surface area contributed by atoms with Gasteiger partial charge in [-0.1, -0.05) is 41.9 Å². The second kappa shape index (κ2) is 5.47. The maximum atomic E-state index is 6.33. The molecule has 2 N–H and O–H groups in total. The molecule has 3 heteroatoms. The molecule has 0 saturated carbocycles. The molecule has 0 saturated heterocycles. The Balaban J connectivity index is 1.80. The summed E-state index contributed by atoms with van der Waals surface area (Å²) >= 11 is 6.19. The zero-order valence-electron chi connectivity index (χ0n) is 11.5. The molecule has 0 bridgehead atoms. The highest BCUT2D eigenvalue weighted by atomic mass is 35.5. The zero-order chi connectivity index (χ0) is 14.1. The van der Waals surface area contributed by atoms with Gasteiger partial charge < -0.3 is 10.5 Å². The van der Waals surface area contributed by atoms with Crippen LogP contribution < -0.4 is 10.5 Å². The van der Waals surface area contributed by atoms with Crippen LogP contribution in [0.25, 0.3) is 0 Å². The zero-order valence-corrected chi connectivity index (χ0v) is 12.2. The number of rotatable bonds is 3. The third-order valence-corrected chi connectivity index (χ3v) is 4.11. The minimum atomic E-state index is -0.0453. The normalized spacial score (nSPS) is 18.4. The van der Waals surface area contributed by atoms with Crippen LogP contribution in [0.3, 0.4) is 0 Å². The van der Waals surface area contributed by atoms with Gasteiger partial charge >= 0.3 is 0 Å². The van der Waals surface area contributed by atoms with Crippen LogP contribution in [0.5, 0.6) is 5.75 Å². The van der Waals surface area contributed by atoms with Crippen molar-refractivity contribution >= 4 is 11.6 Å². The lowest BCUT2D eigenvalue weighted by Gasteiger charge is -2.14. The highest BCUT2D eigenvalue weighted by Gasteiger charge is 2.20. The predicted molar refractivity (Wildman–Crippen MR) is 82.3 cm³/mol. The number of hydrogen-bond acceptors (Lipinski definition) is 2. The summed E-state index contributed by atoms with van der Waals surface area (Å²) in [6.45, 7) is 2.09. The number of ether oxygens (including phenoxy) is 1. The molecule has 20 heavy (non-hydrogen) atoms. The van der Waals surface area contributed by atoms with Gasteiger partial charge in [-0.15, -0.1) is 0 Å². The van der Waals surface area contributed by atoms with E-state index >= 15 is 0 Å². The number of halogens is 1. The summed E-state index contributed by atoms with van der Waals surface area (Å²) in [7, 11) is 0. The van der Waals surface area contributed by atoms with Crippen LogP contribution >= 0.6 is 11.6 Å². The maximum absolute atomic E-state index is 6.33. The summed E-state index contributed by atoms with van der Waals surface area (Å²) in [6.07, 6.45) is 1.97. The van der Waals surface area contributed by atoms with Gasteiger partial charge in [0.15, 0.2) is 0 Å². The molecule has 1 aliphatic heterocycles. The summed E-state index contributed by atoms with van der Waals surface area (Å²) in [4.78, 5) is 0. The molecule has 2 nitrogen and oxygen atoms in total. The molecule has 0 spiro atoms. The number of hydrogen-bond donors (Lipinski definition) is 1. The van der Waals surface area contributed by atoms with E-state index in [0.29, 0.717) is 0 Å². The minimum Gasteiger partial charge on any atom is -0.490 e. The SMILES string of the molecule is CC1Cc2cc(C(N)Cc3ccccc3Cl)ccc2O1. The Hall–Kier alpha value is -1.51. The van der Waals surface area contributed by atoms with Crippen molar-refractivity contribution in [3.63, 3.8) is 0 Å². The topological polar surface area (TPSA) is 35.2 Å². The minimum absolute atomic E-state index is 0.0453. The van der Waals surface area contributed by atoms with Crippen molar-refractivity contribution < 1.29 is 4.74 Å². The fraction of sp³-hybridized carbons (Fsp3) is 0.294. The Morgan fingerprint density at radius 1 is 1.30 bits per heavy atom. The molecule has 3 rings (SSSR count). The monoisotopic (exact) mass is 287 g/mol. The average molecular weight is 288 g/mol. The van der Waals surface area contributed by atoms with Crippen LogP contribution in [0.15, 0.2) is 42.5 Å². The van der Waals surface area contributed by atoms with Crippen LogP contribution in [-0.2, 0) is 12.8 Å². The lowest BCUT2D eigenvalue weighted by atomic mass is 9.97. The van der Waals surface area contributed by atoms with Gasteiger partial charge in [0.25, 0.3) is 0 Å². The van der Waals surface area contributed by atoms with Gasteiger partial charge in [-0.25, -0.2) is 0 Å². The van der Waals surface area contributed by atoms with E-state index in [-0.39, 0.29) is 12.1 Å². The van der Waals surface area contributed by atoms with Crippen molar-refractivity contribution in [1.82, 2.24) is 0 Å². The number of nitrogens with two attached hydrogens (primary N) is 1. The van der Waals surface area contributed by atoms with E-state index in [1.807, 2.05) is 30.3 Å². The lowest BCUT2D eigenvalue weighted by molar-refractivity contribution is 0.254. The largest absolute Gasteiger partial charge is 0.490 e. The van der Waals surface area contributed by atoms with Crippen molar-refractivity contribution in [3.05, 3.63) is 64.2 Å². The summed E-state index contributed by atoms with van der Waals surface area (Å²) < 4.78 is 5.72. The summed E-state index contributed by atoms with van der Waals surface area (Å²) in [5.41, 5.74) is 9.81. The predicted octanol–water partition coefficient (Wildman–Crippen LogP) is 3.91. The molecule has 2 aromatic carbocycles. The summed E-state index contributed by atoms with van der Waals surface area (Å²) in [6, 6.07) is 14.1. The Morgan fingerprint density at radius 3 is 2.90 bits per heavy atom. The molecule has 0 aliphatic carbocycles. The maximum Gasteiger partial charge on any atom is 0.123 e. The second-order valence-corrected chi connectivity index (χ2v) is 5.81. The fourth-order valence-corrected chi connectivity index (χ4v) is 2.90. The quantitative estimate of drug-likeness (QED) is 0.929. The Kier molecular flexibility index (Phi) is 3.68. The van der Waals surface area contributed by atoms with Crippen LogP contribution in [0, 0.1) is 0 Å². The van der Waals surface area contributed by atoms with E-state index in [4.69, 9.17) is 22.1 Å². The van der Waals surface area contributed by atoms with Gasteiger partial charge in [0.2, 0.25) is 0 Å². The van der Waals surface area contributed by atoms with Gasteiger partial charge in [-0.05, 0) is 42.2 Å². The molecular weight excluding hydrogens is 270 g/mol. The van der Waals surface area contributed by atoms with E-state index < -0.39 is 0 Å². The van der Waals surface area contributed by atoms with E-state index in [0.717, 1.165) is 34.7 Å². The molecule has 0 aromatic heterocycles. The Labute approximate surface area is 124 Å². The van der Waals surface area contributed by atoms with Gasteiger partial charge in [0.05, 0.1) is 0 Å². The molecule has 2 aromatic rings. The first kappa shape index (κ1) is 13.5. The first-order valence-electron chi connectivity index (χ1n) is 6.92. The third kappa shape index (κ3) is 2.67. The van der Waals surface area contributed by atoms with Crippen molar-refractivity contribution in [3.8, 4) is 5.75 Å². The van der Waals surface area contributed by atoms with Crippen molar-refractivity contribution in [2.75, 3.05) is 0 Å². The number of benzene rings is 2. The first-order chi connectivity index (χ1) is 9.63. The highest BCUT2D eigenvalue weighted by molar-refractivity contribution is 6.31. The van der Waals surface area contributed by atoms with Gasteiger partial charge in [0.1, 0.15) is 11.9 Å². The Bertz CT molecular complexity index is 626. The van der Waals surface area contributed by atoms with Crippen molar-refractivity contribution in [2.24, 2.45) is 5.73 Å². The standard InChI is InChI=1S/C17H18ClNO/c1-11-8-14-9-13(6-7-17(14)20-11)16(19)10-12-4-2-3-5-15(12)18/h2-7,9,11,16H,8,10,19H2,1H3. The Morgan fingerprint density at radius 2 is 2.10 bits per heavy atom. The van der Waals surface area contributed by atoms with E-state index in [1.165, 1.54) is 5.56 Å². The second-order valence-electron chi connectivity index (χ2n) is 5.40. The smallest absolute Gasteiger partial charge is 0.123 e. The highest BCUT2D eigenvalue weighted by Crippen LogP contribution is 2.31. The summed E-state index contributed by atoms with van der Waals surface area (Å²) in [5, 5.41) is 0.779. The fourth-order valence-electron chi connectivity index (χ4n) is 2.69. The van der Waals surface area contributed by atoms with Crippen LogP contribution in [-0.4, -0.2) is 6.10 Å². The molecule has 2 atom stereocenters. The van der Waals surface area contributed by atoms with E-state index in [2.05, 4.69) is 19.1 Å². The van der Waals surface area contributed by atoms with E-state index in [1.54, 1.807) is 0 Å². The van der Waals surface area contributed by atoms with Crippen molar-refractivity contribution in [2.45, 2.75) is 31.9 Å². The van der Waals surface area contributed by atoms with Gasteiger partial charge in [0, 0.05) is 17.5 Å². The molecule has 0 radical (unpaired) electrons. The molecule has 2 unspecified atom stereocenters. The molecule has 0 amide bonds. The van der Waals surface area contributed by atoms with Gasteiger partial charge in [-0.2, -0.15) is 0 Å². The van der Waals surface area contributed by atoms with Gasteiger partial charge in [-0.3, -0.25) is 0 Å². The molecule has 1 aliphatic rings. The molecule has 0 fully saturated rings.